The van der Waals surface area contributed by atoms with Crippen molar-refractivity contribution in [3.63, 3.8) is 0 Å². The van der Waals surface area contributed by atoms with Crippen LogP contribution in [0, 0.1) is 5.41 Å². The van der Waals surface area contributed by atoms with Crippen molar-refractivity contribution in [2.24, 2.45) is 5.41 Å². The van der Waals surface area contributed by atoms with Crippen LogP contribution in [-0.4, -0.2) is 23.2 Å². The molecule has 34 heavy (non-hydrogen) atoms. The first-order valence-electron chi connectivity index (χ1n) is 11.6. The Bertz CT molecular complexity index is 1210. The van der Waals surface area contributed by atoms with Crippen molar-refractivity contribution in [2.75, 3.05) is 11.7 Å². The zero-order chi connectivity index (χ0) is 24.1. The van der Waals surface area contributed by atoms with Crippen LogP contribution in [0.25, 0.3) is 11.3 Å². The Morgan fingerprint density at radius 3 is 2.65 bits per heavy atom. The molecular weight excluding hydrogens is 446 g/mol. The molecule has 3 aromatic rings. The Hall–Kier alpha value is -3.32. The zero-order valence-electron chi connectivity index (χ0n) is 19.9. The minimum atomic E-state index is -0.138. The third kappa shape index (κ3) is 5.42. The lowest BCUT2D eigenvalue weighted by molar-refractivity contribution is 0.0953. The maximum Gasteiger partial charge on any atom is 0.328 e. The average Bonchev–Trinajstić information content (AvgIpc) is 3.46. The standard InChI is InChI=1S/C27H31N3O3S/c1-27(2,3)24-15-17-33-30(24)29-23(19-34-26(29)32)21-13-9-14-22(18-21)25(31)28-16-8-7-12-20-10-5-4-6-11-20/h4-6,9-11,13-15,17-19,24H,7-8,12,16H2,1-3H3,(H,28,31). The fourth-order valence-electron chi connectivity index (χ4n) is 4.01. The summed E-state index contributed by atoms with van der Waals surface area (Å²) in [6, 6.07) is 17.6. The molecule has 0 saturated heterocycles. The van der Waals surface area contributed by atoms with Crippen molar-refractivity contribution < 1.29 is 9.63 Å². The first kappa shape index (κ1) is 23.8. The predicted octanol–water partition coefficient (Wildman–Crippen LogP) is 5.14. The van der Waals surface area contributed by atoms with Crippen molar-refractivity contribution in [1.29, 1.82) is 0 Å². The molecule has 0 fully saturated rings. The summed E-state index contributed by atoms with van der Waals surface area (Å²) in [5, 5.41) is 6.44. The van der Waals surface area contributed by atoms with E-state index >= 15 is 0 Å². The van der Waals surface area contributed by atoms with Crippen LogP contribution < -0.4 is 15.4 Å². The Morgan fingerprint density at radius 2 is 1.88 bits per heavy atom. The number of carbonyl (C=O) groups is 1. The number of carbonyl (C=O) groups excluding carboxylic acids is 1. The number of hydrogen-bond acceptors (Lipinski definition) is 5. The van der Waals surface area contributed by atoms with Gasteiger partial charge in [-0.15, -0.1) is 5.17 Å². The molecule has 0 spiro atoms. The van der Waals surface area contributed by atoms with Gasteiger partial charge in [0.2, 0.25) is 0 Å². The molecule has 2 heterocycles. The first-order chi connectivity index (χ1) is 16.3. The summed E-state index contributed by atoms with van der Waals surface area (Å²) in [6.07, 6.45) is 6.51. The Labute approximate surface area is 204 Å². The van der Waals surface area contributed by atoms with E-state index in [0.717, 1.165) is 36.2 Å². The number of nitrogens with zero attached hydrogens (tertiary/aromatic N) is 2. The van der Waals surface area contributed by atoms with Crippen LogP contribution >= 0.6 is 11.3 Å². The van der Waals surface area contributed by atoms with Gasteiger partial charge in [0.15, 0.2) is 0 Å². The number of amides is 1. The molecule has 4 rings (SSSR count). The number of rotatable bonds is 8. The van der Waals surface area contributed by atoms with Crippen LogP contribution in [-0.2, 0) is 11.3 Å². The summed E-state index contributed by atoms with van der Waals surface area (Å²) in [4.78, 5) is 31.1. The molecule has 1 amide bonds. The smallest absolute Gasteiger partial charge is 0.328 e. The molecule has 1 aliphatic heterocycles. The van der Waals surface area contributed by atoms with E-state index in [4.69, 9.17) is 4.84 Å². The molecule has 1 unspecified atom stereocenters. The van der Waals surface area contributed by atoms with Crippen LogP contribution in [0.3, 0.4) is 0 Å². The molecule has 2 aromatic carbocycles. The highest BCUT2D eigenvalue weighted by molar-refractivity contribution is 7.07. The maximum absolute atomic E-state index is 12.8. The van der Waals surface area contributed by atoms with E-state index in [1.165, 1.54) is 5.56 Å². The van der Waals surface area contributed by atoms with Gasteiger partial charge in [-0.05, 0) is 48.4 Å². The number of aromatic nitrogens is 1. The van der Waals surface area contributed by atoms with Crippen LogP contribution in [0.1, 0.15) is 49.5 Å². The lowest BCUT2D eigenvalue weighted by Gasteiger charge is -2.34. The molecular formula is C27H31N3O3S. The zero-order valence-corrected chi connectivity index (χ0v) is 20.7. The van der Waals surface area contributed by atoms with Crippen LogP contribution in [0.15, 0.2) is 77.1 Å². The minimum absolute atomic E-state index is 0.0964. The van der Waals surface area contributed by atoms with Gasteiger partial charge in [0.25, 0.3) is 5.91 Å². The predicted molar refractivity (Wildman–Crippen MR) is 137 cm³/mol. The summed E-state index contributed by atoms with van der Waals surface area (Å²) in [7, 11) is 0. The van der Waals surface area contributed by atoms with Gasteiger partial charge in [0.1, 0.15) is 12.3 Å². The van der Waals surface area contributed by atoms with Crippen molar-refractivity contribution in [3.05, 3.63) is 93.1 Å². The number of nitrogens with one attached hydrogen (secondary N) is 1. The van der Waals surface area contributed by atoms with Gasteiger partial charge in [0.05, 0.1) is 5.69 Å². The molecule has 1 aliphatic rings. The second-order valence-corrected chi connectivity index (χ2v) is 10.3. The fourth-order valence-corrected chi connectivity index (χ4v) is 4.73. The Kier molecular flexibility index (Phi) is 7.22. The second kappa shape index (κ2) is 10.3. The van der Waals surface area contributed by atoms with Crippen LogP contribution in [0.4, 0.5) is 0 Å². The minimum Gasteiger partial charge on any atom is -0.371 e. The van der Waals surface area contributed by atoms with Crippen molar-refractivity contribution in [1.82, 2.24) is 9.99 Å². The topological polar surface area (TPSA) is 63.6 Å². The first-order valence-corrected chi connectivity index (χ1v) is 12.5. The van der Waals surface area contributed by atoms with Gasteiger partial charge in [-0.1, -0.05) is 74.6 Å². The second-order valence-electron chi connectivity index (χ2n) is 9.53. The van der Waals surface area contributed by atoms with Gasteiger partial charge >= 0.3 is 4.87 Å². The summed E-state index contributed by atoms with van der Waals surface area (Å²) < 4.78 is 1.56. The SMILES string of the molecule is CC(C)(C)C1C=CON1n1c(-c2cccc(C(=O)NCCCCc3ccccc3)c2)csc1=O. The Balaban J connectivity index is 1.43. The van der Waals surface area contributed by atoms with E-state index < -0.39 is 0 Å². The highest BCUT2D eigenvalue weighted by Gasteiger charge is 2.35. The number of hydroxylamine groups is 1. The monoisotopic (exact) mass is 477 g/mol. The third-order valence-electron chi connectivity index (χ3n) is 5.87. The van der Waals surface area contributed by atoms with Gasteiger partial charge in [-0.3, -0.25) is 9.59 Å². The molecule has 7 heteroatoms. The van der Waals surface area contributed by atoms with Gasteiger partial charge in [-0.25, -0.2) is 0 Å². The lowest BCUT2D eigenvalue weighted by atomic mass is 9.87. The molecule has 0 bridgehead atoms. The van der Waals surface area contributed by atoms with Crippen LogP contribution in [0.2, 0.25) is 0 Å². The van der Waals surface area contributed by atoms with Gasteiger partial charge in [0, 0.05) is 23.1 Å². The molecule has 6 nitrogen and oxygen atoms in total. The van der Waals surface area contributed by atoms with Crippen molar-refractivity contribution in [2.45, 2.75) is 46.1 Å². The summed E-state index contributed by atoms with van der Waals surface area (Å²) in [5.74, 6) is -0.114. The number of aryl methyl sites for hydroxylation is 1. The maximum atomic E-state index is 12.8. The summed E-state index contributed by atoms with van der Waals surface area (Å²) in [6.45, 7) is 6.93. The molecule has 0 saturated carbocycles. The average molecular weight is 478 g/mol. The summed E-state index contributed by atoms with van der Waals surface area (Å²) in [5.41, 5.74) is 3.24. The highest BCUT2D eigenvalue weighted by Crippen LogP contribution is 2.31. The van der Waals surface area contributed by atoms with E-state index in [1.807, 2.05) is 47.9 Å². The van der Waals surface area contributed by atoms with E-state index in [2.05, 4.69) is 38.2 Å². The van der Waals surface area contributed by atoms with Crippen molar-refractivity contribution >= 4 is 17.2 Å². The van der Waals surface area contributed by atoms with E-state index in [-0.39, 0.29) is 22.2 Å². The van der Waals surface area contributed by atoms with Crippen molar-refractivity contribution in [3.8, 4) is 11.3 Å². The van der Waals surface area contributed by atoms with E-state index in [1.54, 1.807) is 22.2 Å². The van der Waals surface area contributed by atoms with E-state index in [9.17, 15) is 9.59 Å². The largest absolute Gasteiger partial charge is 0.371 e. The number of benzene rings is 2. The fraction of sp³-hybridized carbons (Fsp3) is 0.333. The van der Waals surface area contributed by atoms with Gasteiger partial charge in [-0.2, -0.15) is 4.68 Å². The normalized spacial score (nSPS) is 15.4. The quantitative estimate of drug-likeness (QED) is 0.456. The molecule has 0 aliphatic carbocycles. The number of unbranched alkanes of at least 4 members (excludes halogenated alkanes) is 1. The molecule has 1 atom stereocenters. The lowest BCUT2D eigenvalue weighted by Crippen LogP contribution is -2.49. The van der Waals surface area contributed by atoms with Gasteiger partial charge < -0.3 is 10.2 Å². The van der Waals surface area contributed by atoms with Crippen LogP contribution in [0.5, 0.6) is 0 Å². The third-order valence-corrected chi connectivity index (χ3v) is 6.58. The molecule has 1 N–H and O–H groups in total. The molecule has 0 radical (unpaired) electrons. The number of hydrogen-bond donors (Lipinski definition) is 1. The Morgan fingerprint density at radius 1 is 1.09 bits per heavy atom. The van der Waals surface area contributed by atoms with E-state index in [0.29, 0.717) is 17.8 Å². The molecule has 178 valence electrons. The summed E-state index contributed by atoms with van der Waals surface area (Å²) >= 11 is 1.11. The number of thiazole rings is 1. The molecule has 1 aromatic heterocycles. The highest BCUT2D eigenvalue weighted by atomic mass is 32.1.